The fraction of sp³-hybridized carbons (Fsp3) is 0.800. The van der Waals surface area contributed by atoms with Crippen LogP contribution in [0.3, 0.4) is 0 Å². The Morgan fingerprint density at radius 1 is 1.26 bits per heavy atom. The lowest BCUT2D eigenvalue weighted by Crippen LogP contribution is -2.35. The molecule has 0 aliphatic rings. The maximum absolute atomic E-state index is 4.79. The summed E-state index contributed by atoms with van der Waals surface area (Å²) < 4.78 is 0. The third-order valence-corrected chi connectivity index (χ3v) is 4.27. The minimum absolute atomic E-state index is 0.156. The molecule has 0 bridgehead atoms. The molecule has 1 aromatic heterocycles. The van der Waals surface area contributed by atoms with Crippen LogP contribution in [0.4, 0.5) is 5.13 Å². The molecule has 1 aromatic rings. The van der Waals surface area contributed by atoms with Crippen LogP contribution in [0.25, 0.3) is 0 Å². The van der Waals surface area contributed by atoms with E-state index in [2.05, 4.69) is 51.9 Å². The van der Waals surface area contributed by atoms with Crippen LogP contribution in [-0.4, -0.2) is 24.1 Å². The summed E-state index contributed by atoms with van der Waals surface area (Å²) >= 11 is 1.84. The molecule has 0 saturated heterocycles. The third kappa shape index (κ3) is 5.49. The van der Waals surface area contributed by atoms with Crippen LogP contribution in [0.5, 0.6) is 0 Å². The smallest absolute Gasteiger partial charge is 0.185 e. The summed E-state index contributed by atoms with van der Waals surface area (Å²) in [7, 11) is 2.15. The van der Waals surface area contributed by atoms with Crippen LogP contribution in [0.15, 0.2) is 0 Å². The van der Waals surface area contributed by atoms with E-state index < -0.39 is 0 Å². The molecule has 1 N–H and O–H groups in total. The topological polar surface area (TPSA) is 28.2 Å². The lowest BCUT2D eigenvalue weighted by atomic mass is 10.1. The van der Waals surface area contributed by atoms with Gasteiger partial charge in [0.2, 0.25) is 0 Å². The first-order chi connectivity index (χ1) is 8.87. The molecule has 3 nitrogen and oxygen atoms in total. The second kappa shape index (κ2) is 7.25. The van der Waals surface area contributed by atoms with E-state index in [9.17, 15) is 0 Å². The first-order valence-electron chi connectivity index (χ1n) is 7.32. The number of hydrogen-bond acceptors (Lipinski definition) is 4. The molecule has 0 aromatic carbocycles. The van der Waals surface area contributed by atoms with E-state index in [0.717, 1.165) is 24.6 Å². The molecule has 0 atom stereocenters. The zero-order valence-electron chi connectivity index (χ0n) is 13.3. The maximum atomic E-state index is 4.79. The largest absolute Gasteiger partial charge is 0.351 e. The van der Waals surface area contributed by atoms with Crippen molar-refractivity contribution in [1.82, 2.24) is 10.3 Å². The number of rotatable bonds is 7. The highest BCUT2D eigenvalue weighted by atomic mass is 32.1. The second-order valence-electron chi connectivity index (χ2n) is 6.10. The van der Waals surface area contributed by atoms with Crippen molar-refractivity contribution in [2.24, 2.45) is 0 Å². The first-order valence-corrected chi connectivity index (χ1v) is 8.13. The van der Waals surface area contributed by atoms with Gasteiger partial charge >= 0.3 is 0 Å². The van der Waals surface area contributed by atoms with Gasteiger partial charge in [-0.15, -0.1) is 11.3 Å². The Morgan fingerprint density at radius 2 is 1.95 bits per heavy atom. The molecule has 110 valence electrons. The summed E-state index contributed by atoms with van der Waals surface area (Å²) in [4.78, 5) is 8.46. The third-order valence-electron chi connectivity index (χ3n) is 3.05. The molecule has 0 unspecified atom stereocenters. The van der Waals surface area contributed by atoms with Gasteiger partial charge in [0.1, 0.15) is 0 Å². The van der Waals surface area contributed by atoms with Gasteiger partial charge < -0.3 is 10.2 Å². The molecule has 0 spiro atoms. The molecule has 4 heteroatoms. The van der Waals surface area contributed by atoms with Gasteiger partial charge in [-0.2, -0.15) is 0 Å². The van der Waals surface area contributed by atoms with Crippen LogP contribution in [0, 0.1) is 0 Å². The van der Waals surface area contributed by atoms with E-state index in [4.69, 9.17) is 4.98 Å². The second-order valence-corrected chi connectivity index (χ2v) is 7.16. The quantitative estimate of drug-likeness (QED) is 0.824. The predicted molar refractivity (Wildman–Crippen MR) is 86.3 cm³/mol. The Morgan fingerprint density at radius 3 is 2.47 bits per heavy atom. The predicted octanol–water partition coefficient (Wildman–Crippen LogP) is 3.83. The Hall–Kier alpha value is -0.610. The van der Waals surface area contributed by atoms with Crippen molar-refractivity contribution >= 4 is 16.5 Å². The van der Waals surface area contributed by atoms with Gasteiger partial charge in [0, 0.05) is 30.6 Å². The summed E-state index contributed by atoms with van der Waals surface area (Å²) in [6, 6.07) is 0. The number of aromatic nitrogens is 1. The fourth-order valence-corrected chi connectivity index (χ4v) is 2.86. The molecule has 0 saturated carbocycles. The van der Waals surface area contributed by atoms with Crippen LogP contribution >= 0.6 is 11.3 Å². The monoisotopic (exact) mass is 283 g/mol. The minimum atomic E-state index is 0.156. The molecule has 0 fully saturated rings. The van der Waals surface area contributed by atoms with Gasteiger partial charge in [-0.25, -0.2) is 4.98 Å². The van der Waals surface area contributed by atoms with E-state index in [1.54, 1.807) is 0 Å². The van der Waals surface area contributed by atoms with Gasteiger partial charge in [-0.1, -0.05) is 20.3 Å². The number of hydrogen-bond donors (Lipinski definition) is 1. The minimum Gasteiger partial charge on any atom is -0.351 e. The highest BCUT2D eigenvalue weighted by Crippen LogP contribution is 2.26. The molecular weight excluding hydrogens is 254 g/mol. The van der Waals surface area contributed by atoms with Crippen LogP contribution in [0.2, 0.25) is 0 Å². The average Bonchev–Trinajstić information content (AvgIpc) is 2.76. The van der Waals surface area contributed by atoms with Crippen LogP contribution in [-0.2, 0) is 13.0 Å². The van der Waals surface area contributed by atoms with E-state index in [0.29, 0.717) is 0 Å². The molecule has 0 aliphatic heterocycles. The molecule has 0 radical (unpaired) electrons. The zero-order valence-corrected chi connectivity index (χ0v) is 14.2. The van der Waals surface area contributed by atoms with Gasteiger partial charge in [0.25, 0.3) is 0 Å². The Kier molecular flexibility index (Phi) is 6.27. The maximum Gasteiger partial charge on any atom is 0.185 e. The summed E-state index contributed by atoms with van der Waals surface area (Å²) in [5, 5.41) is 4.72. The van der Waals surface area contributed by atoms with Crippen molar-refractivity contribution < 1.29 is 0 Å². The van der Waals surface area contributed by atoms with E-state index in [1.165, 1.54) is 23.4 Å². The van der Waals surface area contributed by atoms with Gasteiger partial charge in [-0.05, 0) is 33.6 Å². The van der Waals surface area contributed by atoms with Crippen LogP contribution in [0.1, 0.15) is 58.0 Å². The van der Waals surface area contributed by atoms with E-state index >= 15 is 0 Å². The lowest BCUT2D eigenvalue weighted by Gasteiger charge is -2.20. The van der Waals surface area contributed by atoms with Crippen molar-refractivity contribution in [3.8, 4) is 0 Å². The van der Waals surface area contributed by atoms with Gasteiger partial charge in [0.15, 0.2) is 5.13 Å². The van der Waals surface area contributed by atoms with Crippen molar-refractivity contribution in [2.45, 2.75) is 66.0 Å². The summed E-state index contributed by atoms with van der Waals surface area (Å²) in [6.07, 6.45) is 3.47. The zero-order chi connectivity index (χ0) is 14.5. The number of aryl methyl sites for hydroxylation is 1. The Labute approximate surface area is 122 Å². The van der Waals surface area contributed by atoms with E-state index in [1.807, 2.05) is 11.3 Å². The van der Waals surface area contributed by atoms with Crippen LogP contribution < -0.4 is 10.2 Å². The highest BCUT2D eigenvalue weighted by molar-refractivity contribution is 7.15. The van der Waals surface area contributed by atoms with Crippen molar-refractivity contribution in [1.29, 1.82) is 0 Å². The molecule has 0 aliphatic carbocycles. The molecular formula is C15H29N3S. The number of unbranched alkanes of at least 4 members (excludes halogenated alkanes) is 1. The Balaban J connectivity index is 2.73. The normalized spacial score (nSPS) is 11.9. The molecule has 0 amide bonds. The fourth-order valence-electron chi connectivity index (χ4n) is 1.78. The van der Waals surface area contributed by atoms with Gasteiger partial charge in [0.05, 0.1) is 5.69 Å². The molecule has 19 heavy (non-hydrogen) atoms. The van der Waals surface area contributed by atoms with Crippen molar-refractivity contribution in [2.75, 3.05) is 18.5 Å². The van der Waals surface area contributed by atoms with Crippen molar-refractivity contribution in [3.05, 3.63) is 10.6 Å². The standard InChI is InChI=1S/C15H29N3S/c1-7-9-10-18(6)14-17-12(8-2)13(19-14)11-16-15(3,4)5/h16H,7-11H2,1-6H3. The van der Waals surface area contributed by atoms with Crippen molar-refractivity contribution in [3.63, 3.8) is 0 Å². The lowest BCUT2D eigenvalue weighted by molar-refractivity contribution is 0.425. The first kappa shape index (κ1) is 16.4. The van der Waals surface area contributed by atoms with E-state index in [-0.39, 0.29) is 5.54 Å². The number of thiazole rings is 1. The SMILES string of the molecule is CCCCN(C)c1nc(CC)c(CNC(C)(C)C)s1. The number of anilines is 1. The highest BCUT2D eigenvalue weighted by Gasteiger charge is 2.15. The Bertz CT molecular complexity index is 379. The summed E-state index contributed by atoms with van der Waals surface area (Å²) in [6.45, 7) is 13.0. The number of nitrogens with zero attached hydrogens (tertiary/aromatic N) is 2. The average molecular weight is 283 g/mol. The summed E-state index contributed by atoms with van der Waals surface area (Å²) in [5.41, 5.74) is 1.41. The molecule has 1 rings (SSSR count). The number of nitrogens with one attached hydrogen (secondary N) is 1. The summed E-state index contributed by atoms with van der Waals surface area (Å²) in [5.74, 6) is 0. The van der Waals surface area contributed by atoms with Gasteiger partial charge in [-0.3, -0.25) is 0 Å². The molecule has 1 heterocycles.